The molecule has 18 heavy (non-hydrogen) atoms. The van der Waals surface area contributed by atoms with Gasteiger partial charge in [0.1, 0.15) is 5.75 Å². The van der Waals surface area contributed by atoms with Gasteiger partial charge in [-0.3, -0.25) is 4.98 Å². The Labute approximate surface area is 107 Å². The lowest BCUT2D eigenvalue weighted by atomic mass is 10.2. The van der Waals surface area contributed by atoms with Crippen LogP contribution < -0.4 is 10.5 Å². The van der Waals surface area contributed by atoms with Gasteiger partial charge in [0.2, 0.25) is 0 Å². The molecule has 96 valence electrons. The zero-order chi connectivity index (χ0) is 13.0. The first-order chi connectivity index (χ1) is 8.72. The molecule has 0 aliphatic heterocycles. The number of ether oxygens (including phenoxy) is 1. The fraction of sp³-hybridized carbons (Fsp3) is 0.357. The van der Waals surface area contributed by atoms with Gasteiger partial charge in [0.25, 0.3) is 0 Å². The second-order valence-corrected chi connectivity index (χ2v) is 4.31. The number of hydrogen-bond donors (Lipinski definition) is 1. The summed E-state index contributed by atoms with van der Waals surface area (Å²) >= 11 is 0. The van der Waals surface area contributed by atoms with Crippen molar-refractivity contribution >= 4 is 0 Å². The molecule has 0 fully saturated rings. The molecule has 0 aliphatic rings. The molecule has 2 rings (SSSR count). The zero-order valence-corrected chi connectivity index (χ0v) is 10.9. The molecule has 2 aromatic heterocycles. The predicted octanol–water partition coefficient (Wildman–Crippen LogP) is 1.75. The van der Waals surface area contributed by atoms with Crippen molar-refractivity contribution in [2.75, 3.05) is 13.7 Å². The molecule has 2 N–H and O–H groups in total. The number of nitrogens with two attached hydrogens (primary N) is 1. The Bertz CT molecular complexity index is 520. The van der Waals surface area contributed by atoms with Crippen LogP contribution in [0.1, 0.15) is 17.1 Å². The van der Waals surface area contributed by atoms with E-state index in [0.29, 0.717) is 6.54 Å². The maximum atomic E-state index is 5.60. The van der Waals surface area contributed by atoms with Gasteiger partial charge in [0.05, 0.1) is 19.3 Å². The molecule has 0 bridgehead atoms. The van der Waals surface area contributed by atoms with Crippen molar-refractivity contribution in [2.45, 2.75) is 19.9 Å². The quantitative estimate of drug-likeness (QED) is 0.873. The summed E-state index contributed by atoms with van der Waals surface area (Å²) in [5.74, 6) is 0.852. The van der Waals surface area contributed by atoms with Gasteiger partial charge < -0.3 is 15.0 Å². The molecule has 0 saturated carbocycles. The number of rotatable bonds is 5. The average Bonchev–Trinajstić information content (AvgIpc) is 2.76. The van der Waals surface area contributed by atoms with Gasteiger partial charge in [-0.2, -0.15) is 0 Å². The van der Waals surface area contributed by atoms with E-state index in [1.807, 2.05) is 25.1 Å². The third kappa shape index (κ3) is 2.90. The lowest BCUT2D eigenvalue weighted by Gasteiger charge is -2.10. The second kappa shape index (κ2) is 5.69. The number of nitrogens with zero attached hydrogens (tertiary/aromatic N) is 2. The lowest BCUT2D eigenvalue weighted by molar-refractivity contribution is 0.413. The monoisotopic (exact) mass is 245 g/mol. The van der Waals surface area contributed by atoms with E-state index < -0.39 is 0 Å². The van der Waals surface area contributed by atoms with Crippen LogP contribution in [0.2, 0.25) is 0 Å². The average molecular weight is 245 g/mol. The molecule has 0 atom stereocenters. The molecular weight excluding hydrogens is 226 g/mol. The summed E-state index contributed by atoms with van der Waals surface area (Å²) in [6, 6.07) is 8.04. The maximum absolute atomic E-state index is 5.60. The first-order valence-corrected chi connectivity index (χ1v) is 6.08. The van der Waals surface area contributed by atoms with Crippen molar-refractivity contribution in [2.24, 2.45) is 5.73 Å². The van der Waals surface area contributed by atoms with Crippen LogP contribution in [0.5, 0.6) is 5.75 Å². The van der Waals surface area contributed by atoms with E-state index in [4.69, 9.17) is 10.5 Å². The van der Waals surface area contributed by atoms with Crippen molar-refractivity contribution < 1.29 is 4.74 Å². The van der Waals surface area contributed by atoms with Gasteiger partial charge in [-0.1, -0.05) is 0 Å². The van der Waals surface area contributed by atoms with Crippen LogP contribution in [0, 0.1) is 6.92 Å². The topological polar surface area (TPSA) is 53.1 Å². The van der Waals surface area contributed by atoms with Crippen molar-refractivity contribution in [3.05, 3.63) is 47.5 Å². The lowest BCUT2D eigenvalue weighted by Crippen LogP contribution is -2.10. The van der Waals surface area contributed by atoms with E-state index >= 15 is 0 Å². The Morgan fingerprint density at radius 3 is 2.94 bits per heavy atom. The Balaban J connectivity index is 2.22. The number of aromatic nitrogens is 2. The van der Waals surface area contributed by atoms with Gasteiger partial charge in [-0.05, 0) is 32.0 Å². The van der Waals surface area contributed by atoms with Gasteiger partial charge in [0.15, 0.2) is 0 Å². The van der Waals surface area contributed by atoms with Crippen molar-refractivity contribution in [3.63, 3.8) is 0 Å². The number of hydrogen-bond acceptors (Lipinski definition) is 3. The highest BCUT2D eigenvalue weighted by Gasteiger charge is 2.04. The molecule has 2 heterocycles. The molecule has 0 spiro atoms. The number of pyridine rings is 1. The largest absolute Gasteiger partial charge is 0.497 e. The van der Waals surface area contributed by atoms with E-state index in [-0.39, 0.29) is 0 Å². The number of aryl methyl sites for hydroxylation is 1. The fourth-order valence-corrected chi connectivity index (χ4v) is 2.05. The Hall–Kier alpha value is -1.81. The summed E-state index contributed by atoms with van der Waals surface area (Å²) < 4.78 is 7.44. The van der Waals surface area contributed by atoms with E-state index in [2.05, 4.69) is 21.8 Å². The molecule has 0 saturated heterocycles. The van der Waals surface area contributed by atoms with Gasteiger partial charge in [-0.15, -0.1) is 0 Å². The molecule has 0 aromatic carbocycles. The van der Waals surface area contributed by atoms with E-state index in [1.54, 1.807) is 7.11 Å². The van der Waals surface area contributed by atoms with Crippen molar-refractivity contribution in [3.8, 4) is 5.75 Å². The Morgan fingerprint density at radius 2 is 2.22 bits per heavy atom. The highest BCUT2D eigenvalue weighted by molar-refractivity contribution is 5.27. The minimum Gasteiger partial charge on any atom is -0.497 e. The van der Waals surface area contributed by atoms with Gasteiger partial charge >= 0.3 is 0 Å². The molecule has 4 nitrogen and oxygen atoms in total. The summed E-state index contributed by atoms with van der Waals surface area (Å²) in [4.78, 5) is 4.53. The standard InChI is InChI=1S/C14H19N3O/c1-11-8-14(18-2)9-12(16-11)10-17-7-3-4-13(17)5-6-15/h3-4,7-9H,5-6,10,15H2,1-2H3. The predicted molar refractivity (Wildman–Crippen MR) is 71.8 cm³/mol. The minimum atomic E-state index is 0.661. The van der Waals surface area contributed by atoms with Crippen LogP contribution in [-0.4, -0.2) is 23.2 Å². The third-order valence-corrected chi connectivity index (χ3v) is 2.87. The summed E-state index contributed by atoms with van der Waals surface area (Å²) in [5, 5.41) is 0. The molecule has 4 heteroatoms. The zero-order valence-electron chi connectivity index (χ0n) is 10.9. The molecule has 0 aliphatic carbocycles. The van der Waals surface area contributed by atoms with Crippen LogP contribution in [0.25, 0.3) is 0 Å². The second-order valence-electron chi connectivity index (χ2n) is 4.31. The highest BCUT2D eigenvalue weighted by Crippen LogP contribution is 2.15. The molecular formula is C14H19N3O. The normalized spacial score (nSPS) is 10.6. The van der Waals surface area contributed by atoms with Gasteiger partial charge in [-0.25, -0.2) is 0 Å². The smallest absolute Gasteiger partial charge is 0.122 e. The van der Waals surface area contributed by atoms with Crippen LogP contribution in [0.3, 0.4) is 0 Å². The maximum Gasteiger partial charge on any atom is 0.122 e. The van der Waals surface area contributed by atoms with E-state index in [1.165, 1.54) is 5.69 Å². The fourth-order valence-electron chi connectivity index (χ4n) is 2.05. The molecule has 0 amide bonds. The molecule has 2 aromatic rings. The first kappa shape index (κ1) is 12.6. The number of methoxy groups -OCH3 is 1. The van der Waals surface area contributed by atoms with E-state index in [0.717, 1.165) is 30.1 Å². The van der Waals surface area contributed by atoms with Crippen LogP contribution in [0.4, 0.5) is 0 Å². The summed E-state index contributed by atoms with van der Waals surface area (Å²) in [7, 11) is 1.67. The highest BCUT2D eigenvalue weighted by atomic mass is 16.5. The summed E-state index contributed by atoms with van der Waals surface area (Å²) in [6.45, 7) is 3.39. The molecule has 0 radical (unpaired) electrons. The molecule has 0 unspecified atom stereocenters. The van der Waals surface area contributed by atoms with Gasteiger partial charge in [0, 0.05) is 29.7 Å². The van der Waals surface area contributed by atoms with Crippen molar-refractivity contribution in [1.29, 1.82) is 0 Å². The van der Waals surface area contributed by atoms with Crippen molar-refractivity contribution in [1.82, 2.24) is 9.55 Å². The Morgan fingerprint density at radius 1 is 1.39 bits per heavy atom. The Kier molecular flexibility index (Phi) is 3.99. The summed E-state index contributed by atoms with van der Waals surface area (Å²) in [6.07, 6.45) is 2.94. The van der Waals surface area contributed by atoms with Crippen LogP contribution in [-0.2, 0) is 13.0 Å². The first-order valence-electron chi connectivity index (χ1n) is 6.08. The van der Waals surface area contributed by atoms with Crippen LogP contribution >= 0.6 is 0 Å². The summed E-state index contributed by atoms with van der Waals surface area (Å²) in [5.41, 5.74) is 8.81. The third-order valence-electron chi connectivity index (χ3n) is 2.87. The van der Waals surface area contributed by atoms with Crippen LogP contribution in [0.15, 0.2) is 30.5 Å². The van der Waals surface area contributed by atoms with E-state index in [9.17, 15) is 0 Å². The SMILES string of the molecule is COc1cc(C)nc(Cn2cccc2CCN)c1. The minimum absolute atomic E-state index is 0.661.